The minimum Gasteiger partial charge on any atom is -0.379 e. The molecule has 0 radical (unpaired) electrons. The van der Waals surface area contributed by atoms with Crippen molar-refractivity contribution in [3.63, 3.8) is 0 Å². The summed E-state index contributed by atoms with van der Waals surface area (Å²) in [6.07, 6.45) is 3.87. The van der Waals surface area contributed by atoms with Gasteiger partial charge in [0.2, 0.25) is 0 Å². The van der Waals surface area contributed by atoms with Crippen molar-refractivity contribution in [2.75, 3.05) is 5.32 Å². The summed E-state index contributed by atoms with van der Waals surface area (Å²) in [5.41, 5.74) is 4.56. The average Bonchev–Trinajstić information content (AvgIpc) is 2.81. The minimum absolute atomic E-state index is 0.802. The molecule has 0 atom stereocenters. The van der Waals surface area contributed by atoms with E-state index in [-0.39, 0.29) is 0 Å². The lowest BCUT2D eigenvalue weighted by molar-refractivity contribution is 1.12. The second-order valence-electron chi connectivity index (χ2n) is 4.35. The van der Waals surface area contributed by atoms with Crippen LogP contribution in [0.15, 0.2) is 48.8 Å². The number of pyridine rings is 1. The molecule has 0 saturated carbocycles. The summed E-state index contributed by atoms with van der Waals surface area (Å²) in [6, 6.07) is 12.3. The molecular weight excluding hydrogens is 222 g/mol. The van der Waals surface area contributed by atoms with E-state index in [1.807, 2.05) is 25.3 Å². The predicted octanol–water partition coefficient (Wildman–Crippen LogP) is 3.48. The number of para-hydroxylation sites is 1. The Morgan fingerprint density at radius 1 is 1.17 bits per heavy atom. The molecule has 0 spiro atoms. The maximum atomic E-state index is 4.27. The van der Waals surface area contributed by atoms with Crippen molar-refractivity contribution in [3.05, 3.63) is 60.0 Å². The number of hydrogen-bond donors (Lipinski definition) is 2. The van der Waals surface area contributed by atoms with E-state index in [9.17, 15) is 0 Å². The Hall–Kier alpha value is -2.29. The number of nitrogens with one attached hydrogen (secondary N) is 2. The Morgan fingerprint density at radius 3 is 2.94 bits per heavy atom. The molecule has 90 valence electrons. The normalized spacial score (nSPS) is 10.7. The molecule has 2 aromatic heterocycles. The summed E-state index contributed by atoms with van der Waals surface area (Å²) in [5, 5.41) is 4.69. The van der Waals surface area contributed by atoms with Gasteiger partial charge in [0.15, 0.2) is 0 Å². The molecule has 0 saturated heterocycles. The van der Waals surface area contributed by atoms with Crippen LogP contribution in [0.5, 0.6) is 0 Å². The standard InChI is InChI=1S/C15H15N3/c1-11-14(7-4-8-16-11)17-9-12-10-18-15-6-3-2-5-13(12)15/h2-8,10,17-18H,9H2,1H3. The molecule has 0 aliphatic heterocycles. The molecule has 3 nitrogen and oxygen atoms in total. The maximum absolute atomic E-state index is 4.27. The highest BCUT2D eigenvalue weighted by Crippen LogP contribution is 2.19. The van der Waals surface area contributed by atoms with E-state index in [2.05, 4.69) is 45.7 Å². The molecule has 18 heavy (non-hydrogen) atoms. The van der Waals surface area contributed by atoms with Crippen molar-refractivity contribution in [3.8, 4) is 0 Å². The summed E-state index contributed by atoms with van der Waals surface area (Å²) >= 11 is 0. The van der Waals surface area contributed by atoms with Gasteiger partial charge in [-0.15, -0.1) is 0 Å². The molecule has 0 unspecified atom stereocenters. The molecule has 3 rings (SSSR count). The first-order chi connectivity index (χ1) is 8.84. The first-order valence-corrected chi connectivity index (χ1v) is 6.05. The monoisotopic (exact) mass is 237 g/mol. The van der Waals surface area contributed by atoms with Crippen LogP contribution in [0.4, 0.5) is 5.69 Å². The van der Waals surface area contributed by atoms with Crippen LogP contribution in [0.25, 0.3) is 10.9 Å². The highest BCUT2D eigenvalue weighted by atomic mass is 14.9. The SMILES string of the molecule is Cc1ncccc1NCc1c[nH]c2ccccc12. The Kier molecular flexibility index (Phi) is 2.73. The third-order valence-corrected chi connectivity index (χ3v) is 3.15. The van der Waals surface area contributed by atoms with E-state index in [0.29, 0.717) is 0 Å². The molecule has 0 bridgehead atoms. The van der Waals surface area contributed by atoms with Crippen molar-refractivity contribution >= 4 is 16.6 Å². The second-order valence-corrected chi connectivity index (χ2v) is 4.35. The Balaban J connectivity index is 1.83. The van der Waals surface area contributed by atoms with Crippen LogP contribution in [-0.4, -0.2) is 9.97 Å². The first-order valence-electron chi connectivity index (χ1n) is 6.05. The van der Waals surface area contributed by atoms with E-state index in [1.165, 1.54) is 16.5 Å². The van der Waals surface area contributed by atoms with Gasteiger partial charge in [-0.3, -0.25) is 4.98 Å². The van der Waals surface area contributed by atoms with Gasteiger partial charge < -0.3 is 10.3 Å². The molecule has 0 aliphatic rings. The average molecular weight is 237 g/mol. The molecular formula is C15H15N3. The molecule has 0 aliphatic carbocycles. The van der Waals surface area contributed by atoms with Crippen LogP contribution in [0.2, 0.25) is 0 Å². The maximum Gasteiger partial charge on any atom is 0.0603 e. The summed E-state index contributed by atoms with van der Waals surface area (Å²) in [6.45, 7) is 2.81. The van der Waals surface area contributed by atoms with Crippen molar-refractivity contribution in [2.24, 2.45) is 0 Å². The second kappa shape index (κ2) is 4.53. The number of aryl methyl sites for hydroxylation is 1. The highest BCUT2D eigenvalue weighted by Gasteiger charge is 2.03. The zero-order chi connectivity index (χ0) is 12.4. The zero-order valence-electron chi connectivity index (χ0n) is 10.3. The van der Waals surface area contributed by atoms with Gasteiger partial charge in [-0.05, 0) is 30.7 Å². The summed E-state index contributed by atoms with van der Waals surface area (Å²) in [7, 11) is 0. The summed E-state index contributed by atoms with van der Waals surface area (Å²) < 4.78 is 0. The quantitative estimate of drug-likeness (QED) is 0.732. The van der Waals surface area contributed by atoms with Gasteiger partial charge in [0, 0.05) is 29.8 Å². The Labute approximate surface area is 106 Å². The lowest BCUT2D eigenvalue weighted by atomic mass is 10.2. The van der Waals surface area contributed by atoms with Crippen LogP contribution in [0, 0.1) is 6.92 Å². The lowest BCUT2D eigenvalue weighted by Crippen LogP contribution is -2.01. The van der Waals surface area contributed by atoms with E-state index >= 15 is 0 Å². The zero-order valence-corrected chi connectivity index (χ0v) is 10.3. The lowest BCUT2D eigenvalue weighted by Gasteiger charge is -2.07. The van der Waals surface area contributed by atoms with E-state index in [1.54, 1.807) is 0 Å². The summed E-state index contributed by atoms with van der Waals surface area (Å²) in [4.78, 5) is 7.55. The van der Waals surface area contributed by atoms with Gasteiger partial charge in [0.25, 0.3) is 0 Å². The fraction of sp³-hybridized carbons (Fsp3) is 0.133. The third-order valence-electron chi connectivity index (χ3n) is 3.15. The number of benzene rings is 1. The number of nitrogens with zero attached hydrogens (tertiary/aromatic N) is 1. The van der Waals surface area contributed by atoms with Gasteiger partial charge in [-0.2, -0.15) is 0 Å². The highest BCUT2D eigenvalue weighted by molar-refractivity contribution is 5.83. The van der Waals surface area contributed by atoms with Crippen LogP contribution >= 0.6 is 0 Å². The van der Waals surface area contributed by atoms with Crippen molar-refractivity contribution in [1.82, 2.24) is 9.97 Å². The number of anilines is 1. The predicted molar refractivity (Wildman–Crippen MR) is 74.6 cm³/mol. The molecule has 3 heteroatoms. The van der Waals surface area contributed by atoms with Gasteiger partial charge in [0.1, 0.15) is 0 Å². The van der Waals surface area contributed by atoms with Gasteiger partial charge in [0.05, 0.1) is 11.4 Å². The number of H-pyrrole nitrogens is 1. The van der Waals surface area contributed by atoms with Crippen molar-refractivity contribution < 1.29 is 0 Å². The van der Waals surface area contributed by atoms with Gasteiger partial charge in [-0.25, -0.2) is 0 Å². The largest absolute Gasteiger partial charge is 0.379 e. The Morgan fingerprint density at radius 2 is 2.06 bits per heavy atom. The van der Waals surface area contributed by atoms with Crippen molar-refractivity contribution in [2.45, 2.75) is 13.5 Å². The smallest absolute Gasteiger partial charge is 0.0603 e. The van der Waals surface area contributed by atoms with Crippen molar-refractivity contribution in [1.29, 1.82) is 0 Å². The number of aromatic nitrogens is 2. The van der Waals surface area contributed by atoms with Gasteiger partial charge >= 0.3 is 0 Å². The minimum atomic E-state index is 0.802. The van der Waals surface area contributed by atoms with Crippen LogP contribution < -0.4 is 5.32 Å². The number of rotatable bonds is 3. The Bertz CT molecular complexity index is 670. The van der Waals surface area contributed by atoms with Crippen LogP contribution in [-0.2, 0) is 6.54 Å². The molecule has 1 aromatic carbocycles. The van der Waals surface area contributed by atoms with Crippen LogP contribution in [0.1, 0.15) is 11.3 Å². The number of hydrogen-bond acceptors (Lipinski definition) is 2. The van der Waals surface area contributed by atoms with E-state index in [4.69, 9.17) is 0 Å². The molecule has 0 fully saturated rings. The molecule has 3 aromatic rings. The molecule has 0 amide bonds. The summed E-state index contributed by atoms with van der Waals surface area (Å²) in [5.74, 6) is 0. The fourth-order valence-electron chi connectivity index (χ4n) is 2.14. The van der Waals surface area contributed by atoms with E-state index < -0.39 is 0 Å². The number of fused-ring (bicyclic) bond motifs is 1. The number of aromatic amines is 1. The fourth-order valence-corrected chi connectivity index (χ4v) is 2.14. The van der Waals surface area contributed by atoms with Crippen LogP contribution in [0.3, 0.4) is 0 Å². The topological polar surface area (TPSA) is 40.7 Å². The third kappa shape index (κ3) is 1.95. The molecule has 2 N–H and O–H groups in total. The van der Waals surface area contributed by atoms with Gasteiger partial charge in [-0.1, -0.05) is 18.2 Å². The molecule has 2 heterocycles. The first kappa shape index (κ1) is 10.8. The van der Waals surface area contributed by atoms with E-state index in [0.717, 1.165) is 17.9 Å².